The SMILES string of the molecule is CNCc1cncc(Oc2ncn(C)n2)n1. The first kappa shape index (κ1) is 10.5. The molecule has 84 valence electrons. The first-order valence-corrected chi connectivity index (χ1v) is 4.77. The minimum atomic E-state index is 0.262. The summed E-state index contributed by atoms with van der Waals surface area (Å²) in [6.45, 7) is 0.639. The normalized spacial score (nSPS) is 10.4. The van der Waals surface area contributed by atoms with E-state index in [9.17, 15) is 0 Å². The van der Waals surface area contributed by atoms with E-state index in [4.69, 9.17) is 4.74 Å². The van der Waals surface area contributed by atoms with Crippen LogP contribution in [-0.2, 0) is 13.6 Å². The Morgan fingerprint density at radius 2 is 2.31 bits per heavy atom. The topological polar surface area (TPSA) is 77.8 Å². The number of hydrogen-bond acceptors (Lipinski definition) is 6. The lowest BCUT2D eigenvalue weighted by molar-refractivity contribution is 0.418. The van der Waals surface area contributed by atoms with Gasteiger partial charge in [0, 0.05) is 19.8 Å². The van der Waals surface area contributed by atoms with Crippen molar-refractivity contribution in [2.75, 3.05) is 7.05 Å². The number of ether oxygens (including phenoxy) is 1. The summed E-state index contributed by atoms with van der Waals surface area (Å²) in [6, 6.07) is 0.262. The van der Waals surface area contributed by atoms with Gasteiger partial charge < -0.3 is 10.1 Å². The van der Waals surface area contributed by atoms with Gasteiger partial charge in [-0.25, -0.2) is 4.98 Å². The second kappa shape index (κ2) is 4.67. The zero-order chi connectivity index (χ0) is 11.4. The first-order chi connectivity index (χ1) is 7.78. The molecule has 0 amide bonds. The van der Waals surface area contributed by atoms with Crippen LogP contribution >= 0.6 is 0 Å². The highest BCUT2D eigenvalue weighted by Gasteiger charge is 2.04. The van der Waals surface area contributed by atoms with E-state index in [0.717, 1.165) is 5.69 Å². The van der Waals surface area contributed by atoms with E-state index < -0.39 is 0 Å². The Labute approximate surface area is 92.5 Å². The van der Waals surface area contributed by atoms with Crippen LogP contribution in [0.15, 0.2) is 18.7 Å². The summed E-state index contributed by atoms with van der Waals surface area (Å²) in [6.07, 6.45) is 4.75. The van der Waals surface area contributed by atoms with Crippen molar-refractivity contribution in [3.05, 3.63) is 24.4 Å². The Kier molecular flexibility index (Phi) is 3.06. The Morgan fingerprint density at radius 3 is 3.00 bits per heavy atom. The van der Waals surface area contributed by atoms with Crippen LogP contribution in [0.25, 0.3) is 0 Å². The molecule has 0 fully saturated rings. The lowest BCUT2D eigenvalue weighted by atomic mass is 10.4. The van der Waals surface area contributed by atoms with Crippen LogP contribution in [0.2, 0.25) is 0 Å². The zero-order valence-corrected chi connectivity index (χ0v) is 9.08. The molecule has 0 bridgehead atoms. The van der Waals surface area contributed by atoms with Crippen LogP contribution < -0.4 is 10.1 Å². The van der Waals surface area contributed by atoms with Gasteiger partial charge in [-0.1, -0.05) is 0 Å². The van der Waals surface area contributed by atoms with Gasteiger partial charge in [0.1, 0.15) is 6.33 Å². The fourth-order valence-corrected chi connectivity index (χ4v) is 1.16. The highest BCUT2D eigenvalue weighted by molar-refractivity contribution is 5.12. The van der Waals surface area contributed by atoms with Crippen molar-refractivity contribution in [1.29, 1.82) is 0 Å². The van der Waals surface area contributed by atoms with Gasteiger partial charge in [0.25, 0.3) is 0 Å². The van der Waals surface area contributed by atoms with Crippen LogP contribution in [0.3, 0.4) is 0 Å². The molecule has 7 heteroatoms. The lowest BCUT2D eigenvalue weighted by Crippen LogP contribution is -2.07. The van der Waals surface area contributed by atoms with Crippen molar-refractivity contribution in [3.63, 3.8) is 0 Å². The smallest absolute Gasteiger partial charge is 0.342 e. The number of aromatic nitrogens is 5. The lowest BCUT2D eigenvalue weighted by Gasteiger charge is -2.02. The minimum Gasteiger partial charge on any atom is -0.402 e. The highest BCUT2D eigenvalue weighted by atomic mass is 16.5. The molecule has 0 radical (unpaired) electrons. The molecular weight excluding hydrogens is 208 g/mol. The molecule has 1 N–H and O–H groups in total. The summed E-state index contributed by atoms with van der Waals surface area (Å²) in [4.78, 5) is 12.2. The van der Waals surface area contributed by atoms with E-state index in [1.54, 1.807) is 24.3 Å². The van der Waals surface area contributed by atoms with Crippen molar-refractivity contribution < 1.29 is 4.74 Å². The monoisotopic (exact) mass is 220 g/mol. The fourth-order valence-electron chi connectivity index (χ4n) is 1.16. The Bertz CT molecular complexity index is 469. The molecule has 0 aromatic carbocycles. The molecule has 7 nitrogen and oxygen atoms in total. The highest BCUT2D eigenvalue weighted by Crippen LogP contribution is 2.12. The van der Waals surface area contributed by atoms with E-state index in [1.165, 1.54) is 6.20 Å². The maximum absolute atomic E-state index is 5.34. The summed E-state index contributed by atoms with van der Waals surface area (Å²) < 4.78 is 6.90. The number of hydrogen-bond donors (Lipinski definition) is 1. The average Bonchev–Trinajstić information content (AvgIpc) is 2.65. The van der Waals surface area contributed by atoms with E-state index in [1.807, 2.05) is 7.05 Å². The van der Waals surface area contributed by atoms with Crippen molar-refractivity contribution in [3.8, 4) is 11.9 Å². The molecule has 0 aliphatic carbocycles. The summed E-state index contributed by atoms with van der Waals surface area (Å²) in [7, 11) is 3.61. The van der Waals surface area contributed by atoms with E-state index in [0.29, 0.717) is 12.4 Å². The number of nitrogens with zero attached hydrogens (tertiary/aromatic N) is 5. The minimum absolute atomic E-state index is 0.262. The van der Waals surface area contributed by atoms with E-state index >= 15 is 0 Å². The molecule has 2 aromatic rings. The molecule has 0 saturated carbocycles. The predicted octanol–water partition coefficient (Wildman–Crippen LogP) is 0.117. The quantitative estimate of drug-likeness (QED) is 0.788. The van der Waals surface area contributed by atoms with Gasteiger partial charge in [-0.3, -0.25) is 9.67 Å². The van der Waals surface area contributed by atoms with Gasteiger partial charge in [-0.15, -0.1) is 5.10 Å². The third-order valence-corrected chi connectivity index (χ3v) is 1.79. The second-order valence-corrected chi connectivity index (χ2v) is 3.18. The van der Waals surface area contributed by atoms with Crippen LogP contribution in [-0.4, -0.2) is 31.8 Å². The molecule has 2 rings (SSSR count). The molecular formula is C9H12N6O. The van der Waals surface area contributed by atoms with Gasteiger partial charge in [-0.2, -0.15) is 4.98 Å². The third kappa shape index (κ3) is 2.51. The van der Waals surface area contributed by atoms with Crippen molar-refractivity contribution in [2.24, 2.45) is 7.05 Å². The van der Waals surface area contributed by atoms with Crippen molar-refractivity contribution in [2.45, 2.75) is 6.54 Å². The average molecular weight is 220 g/mol. The fraction of sp³-hybridized carbons (Fsp3) is 0.333. The summed E-state index contributed by atoms with van der Waals surface area (Å²) in [5.41, 5.74) is 0.802. The van der Waals surface area contributed by atoms with Gasteiger partial charge in [-0.05, 0) is 7.05 Å². The molecule has 16 heavy (non-hydrogen) atoms. The maximum atomic E-state index is 5.34. The van der Waals surface area contributed by atoms with Gasteiger partial charge >= 0.3 is 6.01 Å². The second-order valence-electron chi connectivity index (χ2n) is 3.18. The molecule has 0 spiro atoms. The number of rotatable bonds is 4. The largest absolute Gasteiger partial charge is 0.402 e. The number of aryl methyl sites for hydroxylation is 1. The molecule has 2 heterocycles. The van der Waals surface area contributed by atoms with Crippen LogP contribution in [0.1, 0.15) is 5.69 Å². The van der Waals surface area contributed by atoms with E-state index in [-0.39, 0.29) is 6.01 Å². The summed E-state index contributed by atoms with van der Waals surface area (Å²) in [5.74, 6) is 0.388. The summed E-state index contributed by atoms with van der Waals surface area (Å²) >= 11 is 0. The Morgan fingerprint density at radius 1 is 1.44 bits per heavy atom. The summed E-state index contributed by atoms with van der Waals surface area (Å²) in [5, 5.41) is 6.97. The van der Waals surface area contributed by atoms with Gasteiger partial charge in [0.15, 0.2) is 0 Å². The molecule has 0 unspecified atom stereocenters. The molecule has 0 aliphatic rings. The molecule has 0 saturated heterocycles. The van der Waals surface area contributed by atoms with Crippen LogP contribution in [0.4, 0.5) is 0 Å². The Balaban J connectivity index is 2.12. The third-order valence-electron chi connectivity index (χ3n) is 1.79. The van der Waals surface area contributed by atoms with Crippen molar-refractivity contribution in [1.82, 2.24) is 30.0 Å². The predicted molar refractivity (Wildman–Crippen MR) is 55.9 cm³/mol. The first-order valence-electron chi connectivity index (χ1n) is 4.77. The van der Waals surface area contributed by atoms with Gasteiger partial charge in [0.2, 0.25) is 5.88 Å². The number of nitrogens with one attached hydrogen (secondary N) is 1. The molecule has 0 atom stereocenters. The maximum Gasteiger partial charge on any atom is 0.342 e. The van der Waals surface area contributed by atoms with E-state index in [2.05, 4.69) is 25.4 Å². The zero-order valence-electron chi connectivity index (χ0n) is 9.08. The van der Waals surface area contributed by atoms with Crippen LogP contribution in [0, 0.1) is 0 Å². The molecule has 2 aromatic heterocycles. The van der Waals surface area contributed by atoms with Crippen molar-refractivity contribution >= 4 is 0 Å². The van der Waals surface area contributed by atoms with Gasteiger partial charge in [0.05, 0.1) is 11.9 Å². The molecule has 0 aliphatic heterocycles. The van der Waals surface area contributed by atoms with Crippen LogP contribution in [0.5, 0.6) is 11.9 Å². The Hall–Kier alpha value is -2.02. The standard InChI is InChI=1S/C9H12N6O/c1-10-3-7-4-11-5-8(13-7)16-9-12-6-15(2)14-9/h4-6,10H,3H2,1-2H3.